The Morgan fingerprint density at radius 3 is 2.81 bits per heavy atom. The molecule has 1 aromatic heterocycles. The maximum Gasteiger partial charge on any atom is 0.322 e. The second-order valence-corrected chi connectivity index (χ2v) is 4.97. The molecular formula is C12H20ClN5O3. The Morgan fingerprint density at radius 2 is 2.29 bits per heavy atom. The van der Waals surface area contributed by atoms with E-state index in [2.05, 4.69) is 15.5 Å². The van der Waals surface area contributed by atoms with Crippen LogP contribution in [0.1, 0.15) is 35.9 Å². The van der Waals surface area contributed by atoms with Crippen molar-refractivity contribution in [2.75, 3.05) is 20.1 Å². The van der Waals surface area contributed by atoms with E-state index in [-0.39, 0.29) is 29.8 Å². The number of halogens is 1. The molecule has 2 N–H and O–H groups in total. The quantitative estimate of drug-likeness (QED) is 0.625. The second-order valence-electron chi connectivity index (χ2n) is 4.97. The molecule has 0 spiro atoms. The highest BCUT2D eigenvalue weighted by Crippen LogP contribution is 2.24. The van der Waals surface area contributed by atoms with E-state index in [0.29, 0.717) is 18.7 Å². The van der Waals surface area contributed by atoms with Crippen molar-refractivity contribution in [3.63, 3.8) is 0 Å². The maximum atomic E-state index is 12.4. The van der Waals surface area contributed by atoms with Gasteiger partial charge in [-0.2, -0.15) is 5.10 Å². The van der Waals surface area contributed by atoms with Crippen molar-refractivity contribution < 1.29 is 9.72 Å². The Balaban J connectivity index is 0.00000220. The number of aryl methyl sites for hydroxylation is 1. The molecule has 1 aromatic rings. The Kier molecular flexibility index (Phi) is 6.10. The maximum absolute atomic E-state index is 12.4. The number of aromatic amines is 1. The van der Waals surface area contributed by atoms with Gasteiger partial charge in [-0.15, -0.1) is 12.4 Å². The van der Waals surface area contributed by atoms with Crippen molar-refractivity contribution in [1.82, 2.24) is 20.4 Å². The Labute approximate surface area is 128 Å². The van der Waals surface area contributed by atoms with Crippen molar-refractivity contribution in [1.29, 1.82) is 0 Å². The Bertz CT molecular complexity index is 513. The molecule has 2 rings (SSSR count). The summed E-state index contributed by atoms with van der Waals surface area (Å²) < 4.78 is 0. The molecule has 2 heterocycles. The summed E-state index contributed by atoms with van der Waals surface area (Å²) in [7, 11) is 1.66. The van der Waals surface area contributed by atoms with Crippen molar-refractivity contribution in [3.8, 4) is 0 Å². The van der Waals surface area contributed by atoms with Gasteiger partial charge in [-0.1, -0.05) is 13.3 Å². The van der Waals surface area contributed by atoms with E-state index in [4.69, 9.17) is 0 Å². The van der Waals surface area contributed by atoms with Crippen LogP contribution in [0.15, 0.2) is 0 Å². The summed E-state index contributed by atoms with van der Waals surface area (Å²) in [6, 6.07) is 0.0634. The summed E-state index contributed by atoms with van der Waals surface area (Å²) >= 11 is 0. The minimum absolute atomic E-state index is 0. The molecule has 1 saturated heterocycles. The zero-order valence-corrected chi connectivity index (χ0v) is 12.9. The van der Waals surface area contributed by atoms with Gasteiger partial charge < -0.3 is 10.2 Å². The van der Waals surface area contributed by atoms with Gasteiger partial charge in [-0.3, -0.25) is 20.0 Å². The number of amides is 1. The minimum atomic E-state index is -0.525. The third-order valence-corrected chi connectivity index (χ3v) is 3.60. The summed E-state index contributed by atoms with van der Waals surface area (Å²) in [6.45, 7) is 3.48. The highest BCUT2D eigenvalue weighted by atomic mass is 35.5. The summed E-state index contributed by atoms with van der Waals surface area (Å²) in [5.41, 5.74) is 0.140. The molecule has 0 aliphatic carbocycles. The number of carbonyl (C=O) groups excluding carboxylic acids is 1. The van der Waals surface area contributed by atoms with E-state index in [9.17, 15) is 14.9 Å². The number of hydrogen-bond acceptors (Lipinski definition) is 5. The van der Waals surface area contributed by atoms with Crippen LogP contribution in [0.5, 0.6) is 0 Å². The van der Waals surface area contributed by atoms with Gasteiger partial charge in [0.25, 0.3) is 5.91 Å². The van der Waals surface area contributed by atoms with Gasteiger partial charge in [-0.05, 0) is 19.4 Å². The molecular weight excluding hydrogens is 298 g/mol. The lowest BCUT2D eigenvalue weighted by Crippen LogP contribution is -2.38. The number of aromatic nitrogens is 2. The highest BCUT2D eigenvalue weighted by Gasteiger charge is 2.33. The fourth-order valence-corrected chi connectivity index (χ4v) is 2.45. The van der Waals surface area contributed by atoms with Gasteiger partial charge in [0.1, 0.15) is 5.69 Å². The monoisotopic (exact) mass is 317 g/mol. The molecule has 1 aliphatic rings. The van der Waals surface area contributed by atoms with Crippen molar-refractivity contribution in [2.45, 2.75) is 32.2 Å². The van der Waals surface area contributed by atoms with Crippen LogP contribution < -0.4 is 5.32 Å². The standard InChI is InChI=1S/C12H19N5O3.ClH/c1-3-4-9-11(17(19)20)10(15-14-9)12(18)16(2)8-5-6-13-7-8;/h8,13H,3-7H2,1-2H3,(H,14,15);1H. The van der Waals surface area contributed by atoms with E-state index in [0.717, 1.165) is 19.4 Å². The van der Waals surface area contributed by atoms with Crippen LogP contribution in [0.4, 0.5) is 5.69 Å². The SMILES string of the molecule is CCCc1[nH]nc(C(=O)N(C)C2CCNC2)c1[N+](=O)[O-].Cl. The Morgan fingerprint density at radius 1 is 1.57 bits per heavy atom. The van der Waals surface area contributed by atoms with E-state index in [1.807, 2.05) is 6.92 Å². The van der Waals surface area contributed by atoms with Crippen LogP contribution in [0, 0.1) is 10.1 Å². The lowest BCUT2D eigenvalue weighted by atomic mass is 10.1. The average Bonchev–Trinajstić information content (AvgIpc) is 3.06. The molecule has 8 nitrogen and oxygen atoms in total. The van der Waals surface area contributed by atoms with Gasteiger partial charge >= 0.3 is 5.69 Å². The molecule has 0 radical (unpaired) electrons. The molecule has 0 bridgehead atoms. The number of carbonyl (C=O) groups is 1. The third kappa shape index (κ3) is 3.51. The molecule has 1 amide bonds. The molecule has 0 saturated carbocycles. The number of nitrogens with one attached hydrogen (secondary N) is 2. The van der Waals surface area contributed by atoms with Gasteiger partial charge in [0.05, 0.1) is 4.92 Å². The Hall–Kier alpha value is -1.67. The molecule has 1 unspecified atom stereocenters. The normalized spacial score (nSPS) is 17.3. The number of nitrogens with zero attached hydrogens (tertiary/aromatic N) is 3. The highest BCUT2D eigenvalue weighted by molar-refractivity contribution is 5.96. The molecule has 1 aliphatic heterocycles. The van der Waals surface area contributed by atoms with Crippen LogP contribution in [-0.2, 0) is 6.42 Å². The molecule has 21 heavy (non-hydrogen) atoms. The second kappa shape index (κ2) is 7.37. The van der Waals surface area contributed by atoms with E-state index < -0.39 is 10.8 Å². The van der Waals surface area contributed by atoms with Crippen LogP contribution in [-0.4, -0.2) is 52.1 Å². The summed E-state index contributed by atoms with van der Waals surface area (Å²) in [5.74, 6) is -0.399. The fraction of sp³-hybridized carbons (Fsp3) is 0.667. The third-order valence-electron chi connectivity index (χ3n) is 3.60. The van der Waals surface area contributed by atoms with E-state index >= 15 is 0 Å². The summed E-state index contributed by atoms with van der Waals surface area (Å²) in [6.07, 6.45) is 2.10. The zero-order chi connectivity index (χ0) is 14.7. The van der Waals surface area contributed by atoms with Crippen molar-refractivity contribution in [3.05, 3.63) is 21.5 Å². The topological polar surface area (TPSA) is 104 Å². The first-order chi connectivity index (χ1) is 9.56. The van der Waals surface area contributed by atoms with E-state index in [1.54, 1.807) is 11.9 Å². The van der Waals surface area contributed by atoms with Gasteiger partial charge in [0.2, 0.25) is 5.69 Å². The lowest BCUT2D eigenvalue weighted by Gasteiger charge is -2.22. The van der Waals surface area contributed by atoms with E-state index in [1.165, 1.54) is 0 Å². The van der Waals surface area contributed by atoms with Crippen LogP contribution >= 0.6 is 12.4 Å². The number of H-pyrrole nitrogens is 1. The molecule has 0 aromatic carbocycles. The molecule has 1 fully saturated rings. The number of nitro groups is 1. The van der Waals surface area contributed by atoms with Crippen LogP contribution in [0.25, 0.3) is 0 Å². The first-order valence-corrected chi connectivity index (χ1v) is 6.75. The first kappa shape index (κ1) is 17.4. The fourth-order valence-electron chi connectivity index (χ4n) is 2.45. The smallest absolute Gasteiger partial charge is 0.322 e. The average molecular weight is 318 g/mol. The predicted molar refractivity (Wildman–Crippen MR) is 79.9 cm³/mol. The molecule has 1 atom stereocenters. The minimum Gasteiger partial charge on any atom is -0.336 e. The first-order valence-electron chi connectivity index (χ1n) is 6.75. The molecule has 118 valence electrons. The lowest BCUT2D eigenvalue weighted by molar-refractivity contribution is -0.385. The van der Waals surface area contributed by atoms with Crippen molar-refractivity contribution in [2.24, 2.45) is 0 Å². The van der Waals surface area contributed by atoms with Crippen molar-refractivity contribution >= 4 is 24.0 Å². The van der Waals surface area contributed by atoms with Gasteiger partial charge in [0.15, 0.2) is 0 Å². The zero-order valence-electron chi connectivity index (χ0n) is 12.1. The summed E-state index contributed by atoms with van der Waals surface area (Å²) in [4.78, 5) is 24.6. The van der Waals surface area contributed by atoms with Crippen LogP contribution in [0.3, 0.4) is 0 Å². The predicted octanol–water partition coefficient (Wildman–Crippen LogP) is 1.13. The number of likely N-dealkylation sites (N-methyl/N-ethyl adjacent to an activating group) is 1. The number of hydrogen-bond donors (Lipinski definition) is 2. The van der Waals surface area contributed by atoms with Crippen LogP contribution in [0.2, 0.25) is 0 Å². The van der Waals surface area contributed by atoms with Gasteiger partial charge in [-0.25, -0.2) is 0 Å². The largest absolute Gasteiger partial charge is 0.336 e. The van der Waals surface area contributed by atoms with Gasteiger partial charge in [0, 0.05) is 19.6 Å². The summed E-state index contributed by atoms with van der Waals surface area (Å²) in [5, 5.41) is 20.9. The molecule has 9 heteroatoms. The number of rotatable bonds is 5.